The Labute approximate surface area is 197 Å². The smallest absolute Gasteiger partial charge is 0.00772 e. The van der Waals surface area contributed by atoms with Gasteiger partial charge in [-0.25, -0.2) is 0 Å². The lowest BCUT2D eigenvalue weighted by Gasteiger charge is -2.27. The summed E-state index contributed by atoms with van der Waals surface area (Å²) >= 11 is 0. The zero-order chi connectivity index (χ0) is 23.9. The Morgan fingerprint density at radius 3 is 1.16 bits per heavy atom. The van der Waals surface area contributed by atoms with E-state index in [1.165, 1.54) is 38.5 Å². The highest BCUT2D eigenvalue weighted by Gasteiger charge is 2.20. The molecule has 2 unspecified atom stereocenters. The molecule has 3 nitrogen and oxygen atoms in total. The molecule has 0 aromatic rings. The summed E-state index contributed by atoms with van der Waals surface area (Å²) in [4.78, 5) is 0. The lowest BCUT2D eigenvalue weighted by atomic mass is 9.83. The molecule has 0 aliphatic rings. The van der Waals surface area contributed by atoms with Crippen LogP contribution in [-0.4, -0.2) is 39.3 Å². The van der Waals surface area contributed by atoms with Crippen molar-refractivity contribution in [3.63, 3.8) is 0 Å². The van der Waals surface area contributed by atoms with Gasteiger partial charge >= 0.3 is 0 Å². The molecule has 0 aliphatic carbocycles. The van der Waals surface area contributed by atoms with Gasteiger partial charge in [0, 0.05) is 39.3 Å². The minimum absolute atomic E-state index is 0.394. The van der Waals surface area contributed by atoms with Crippen LogP contribution in [0.2, 0.25) is 0 Å². The van der Waals surface area contributed by atoms with Crippen molar-refractivity contribution < 1.29 is 0 Å². The van der Waals surface area contributed by atoms with Gasteiger partial charge in [-0.3, -0.25) is 0 Å². The van der Waals surface area contributed by atoms with Crippen LogP contribution in [0.3, 0.4) is 0 Å². The molecule has 0 spiro atoms. The number of rotatable bonds is 20. The van der Waals surface area contributed by atoms with Crippen LogP contribution in [0.4, 0.5) is 0 Å². The fraction of sp³-hybridized carbons (Fsp3) is 1.00. The first-order valence-electron chi connectivity index (χ1n) is 13.4. The van der Waals surface area contributed by atoms with E-state index in [9.17, 15) is 0 Å². The van der Waals surface area contributed by atoms with E-state index in [4.69, 9.17) is 0 Å². The van der Waals surface area contributed by atoms with E-state index in [0.717, 1.165) is 62.9 Å². The van der Waals surface area contributed by atoms with E-state index >= 15 is 0 Å². The molecule has 0 amide bonds. The van der Waals surface area contributed by atoms with Crippen molar-refractivity contribution in [1.29, 1.82) is 0 Å². The van der Waals surface area contributed by atoms with Gasteiger partial charge < -0.3 is 16.0 Å². The lowest BCUT2D eigenvalue weighted by molar-refractivity contribution is 0.270. The van der Waals surface area contributed by atoms with E-state index in [1.54, 1.807) is 0 Å². The Morgan fingerprint density at radius 2 is 0.839 bits per heavy atom. The van der Waals surface area contributed by atoms with Crippen molar-refractivity contribution in [1.82, 2.24) is 16.0 Å². The van der Waals surface area contributed by atoms with Gasteiger partial charge in [-0.05, 0) is 60.2 Å². The van der Waals surface area contributed by atoms with E-state index < -0.39 is 0 Å². The summed E-state index contributed by atoms with van der Waals surface area (Å²) in [5.74, 6) is 3.34. The highest BCUT2D eigenvalue weighted by Crippen LogP contribution is 2.27. The molecule has 0 fully saturated rings. The monoisotopic (exact) mass is 439 g/mol. The van der Waals surface area contributed by atoms with Gasteiger partial charge in [0.25, 0.3) is 0 Å². The minimum atomic E-state index is 0.394. The zero-order valence-electron chi connectivity index (χ0n) is 23.3. The van der Waals surface area contributed by atoms with E-state index in [1.807, 2.05) is 0 Å². The second-order valence-electron chi connectivity index (χ2n) is 13.0. The maximum atomic E-state index is 3.66. The summed E-state index contributed by atoms with van der Waals surface area (Å²) in [6, 6.07) is 0. The normalized spacial score (nSPS) is 15.1. The Bertz CT molecular complexity index is 376. The van der Waals surface area contributed by atoms with Crippen molar-refractivity contribution in [3.8, 4) is 0 Å². The molecule has 0 aromatic carbocycles. The Hall–Kier alpha value is -0.120. The maximum absolute atomic E-state index is 3.66. The standard InChI is InChI=1S/C28H61N3/c1-23(2)19-25(5)11-13-27(7,8)21-30-17-15-29-16-18-31-22-28(9,10)14-12-26(6)20-24(3)4/h23-26,29-31H,11-22H2,1-10H3. The van der Waals surface area contributed by atoms with Gasteiger partial charge in [0.1, 0.15) is 0 Å². The van der Waals surface area contributed by atoms with Gasteiger partial charge in [0.05, 0.1) is 0 Å². The highest BCUT2D eigenvalue weighted by atomic mass is 15.0. The molecule has 0 radical (unpaired) electrons. The Kier molecular flexibility index (Phi) is 16.4. The first-order valence-corrected chi connectivity index (χ1v) is 13.4. The van der Waals surface area contributed by atoms with Crippen LogP contribution in [0.5, 0.6) is 0 Å². The summed E-state index contributed by atoms with van der Waals surface area (Å²) < 4.78 is 0. The summed E-state index contributed by atoms with van der Waals surface area (Å²) in [6.07, 6.45) is 8.05. The van der Waals surface area contributed by atoms with E-state index in [0.29, 0.717) is 10.8 Å². The molecule has 188 valence electrons. The van der Waals surface area contributed by atoms with Gasteiger partial charge in [0.15, 0.2) is 0 Å². The van der Waals surface area contributed by atoms with E-state index in [2.05, 4.69) is 85.2 Å². The summed E-state index contributed by atoms with van der Waals surface area (Å²) in [5, 5.41) is 10.9. The molecule has 0 heterocycles. The van der Waals surface area contributed by atoms with Gasteiger partial charge in [0.2, 0.25) is 0 Å². The Balaban J connectivity index is 3.69. The topological polar surface area (TPSA) is 36.1 Å². The fourth-order valence-electron chi connectivity index (χ4n) is 4.63. The van der Waals surface area contributed by atoms with Crippen LogP contribution in [0.1, 0.15) is 108 Å². The fourth-order valence-corrected chi connectivity index (χ4v) is 4.63. The molecule has 0 rings (SSSR count). The molecule has 0 saturated heterocycles. The summed E-state index contributed by atoms with van der Waals surface area (Å²) in [6.45, 7) is 30.3. The SMILES string of the molecule is CC(C)CC(C)CCC(C)(C)CNCCNCCNCC(C)(C)CCC(C)CC(C)C. The number of hydrogen-bond donors (Lipinski definition) is 3. The molecule has 3 N–H and O–H groups in total. The van der Waals surface area contributed by atoms with Crippen molar-refractivity contribution in [2.75, 3.05) is 39.3 Å². The lowest BCUT2D eigenvalue weighted by Crippen LogP contribution is -2.38. The minimum Gasteiger partial charge on any atom is -0.315 e. The second-order valence-corrected chi connectivity index (χ2v) is 13.0. The van der Waals surface area contributed by atoms with Gasteiger partial charge in [-0.2, -0.15) is 0 Å². The third-order valence-electron chi connectivity index (χ3n) is 6.54. The largest absolute Gasteiger partial charge is 0.315 e. The van der Waals surface area contributed by atoms with Crippen LogP contribution >= 0.6 is 0 Å². The molecule has 31 heavy (non-hydrogen) atoms. The second kappa shape index (κ2) is 16.5. The summed E-state index contributed by atoms with van der Waals surface area (Å²) in [7, 11) is 0. The molecular weight excluding hydrogens is 378 g/mol. The van der Waals surface area contributed by atoms with Gasteiger partial charge in [-0.15, -0.1) is 0 Å². The van der Waals surface area contributed by atoms with Gasteiger partial charge in [-0.1, -0.05) is 82.1 Å². The quantitative estimate of drug-likeness (QED) is 0.184. The van der Waals surface area contributed by atoms with Crippen molar-refractivity contribution in [2.24, 2.45) is 34.5 Å². The first-order chi connectivity index (χ1) is 14.3. The van der Waals surface area contributed by atoms with Crippen molar-refractivity contribution in [2.45, 2.75) is 108 Å². The zero-order valence-corrected chi connectivity index (χ0v) is 23.3. The van der Waals surface area contributed by atoms with Crippen LogP contribution in [-0.2, 0) is 0 Å². The Morgan fingerprint density at radius 1 is 0.516 bits per heavy atom. The predicted molar refractivity (Wildman–Crippen MR) is 142 cm³/mol. The first kappa shape index (κ1) is 30.9. The summed E-state index contributed by atoms with van der Waals surface area (Å²) in [5.41, 5.74) is 0.788. The molecule has 2 atom stereocenters. The number of hydrogen-bond acceptors (Lipinski definition) is 3. The predicted octanol–water partition coefficient (Wildman–Crippen LogP) is 6.73. The van der Waals surface area contributed by atoms with Crippen molar-refractivity contribution in [3.05, 3.63) is 0 Å². The number of nitrogens with one attached hydrogen (secondary N) is 3. The van der Waals surface area contributed by atoms with Crippen LogP contribution in [0, 0.1) is 34.5 Å². The molecule has 3 heteroatoms. The average Bonchev–Trinajstić information content (AvgIpc) is 2.62. The van der Waals surface area contributed by atoms with Crippen molar-refractivity contribution >= 4 is 0 Å². The van der Waals surface area contributed by atoms with Crippen LogP contribution in [0.15, 0.2) is 0 Å². The van der Waals surface area contributed by atoms with E-state index in [-0.39, 0.29) is 0 Å². The highest BCUT2D eigenvalue weighted by molar-refractivity contribution is 4.75. The molecule has 0 saturated carbocycles. The molecular formula is C28H61N3. The van der Waals surface area contributed by atoms with Crippen LogP contribution < -0.4 is 16.0 Å². The third-order valence-corrected chi connectivity index (χ3v) is 6.54. The average molecular weight is 440 g/mol. The molecule has 0 aliphatic heterocycles. The van der Waals surface area contributed by atoms with Crippen LogP contribution in [0.25, 0.3) is 0 Å². The molecule has 0 aromatic heterocycles. The third kappa shape index (κ3) is 20.2. The molecule has 0 bridgehead atoms. The maximum Gasteiger partial charge on any atom is 0.00772 e.